The number of esters is 2. The van der Waals surface area contributed by atoms with Crippen molar-refractivity contribution in [1.29, 1.82) is 0 Å². The molecule has 2 aliphatic carbocycles. The predicted octanol–water partition coefficient (Wildman–Crippen LogP) is 1.55. The molecule has 1 spiro atoms. The van der Waals surface area contributed by atoms with Crippen molar-refractivity contribution in [1.82, 2.24) is 0 Å². The monoisotopic (exact) mass is 398 g/mol. The first-order valence-corrected chi connectivity index (χ1v) is 9.64. The zero-order valence-electron chi connectivity index (χ0n) is 15.6. The van der Waals surface area contributed by atoms with Gasteiger partial charge in [0.25, 0.3) is 0 Å². The fraction of sp³-hybridized carbons (Fsp3) is 0.737. The Bertz CT molecular complexity index is 742. The molecule has 0 aromatic heterocycles. The van der Waals surface area contributed by atoms with E-state index in [1.807, 2.05) is 19.9 Å². The molecule has 0 N–H and O–H groups in total. The Morgan fingerprint density at radius 3 is 2.70 bits per heavy atom. The number of allylic oxidation sites excluding steroid dienone is 1. The standard InChI is InChI=1S/C19H23ClO7/c1-10-4-5-18(8-24-11(2)21)12(6-10)26-16-14(23)15(27-13(22)7-20)17(18,3)19(16)9-25-19/h6,12,15-16H,4-5,7-9H2,1-3H3/t12-,15+,16-,17-,18-,19+/m0/s1. The average Bonchev–Trinajstić information content (AvgIpc) is 3.41. The third-order valence-corrected chi connectivity index (χ3v) is 7.17. The lowest BCUT2D eigenvalue weighted by Gasteiger charge is -2.57. The smallest absolute Gasteiger partial charge is 0.321 e. The van der Waals surface area contributed by atoms with Crippen molar-refractivity contribution in [2.45, 2.75) is 57.5 Å². The van der Waals surface area contributed by atoms with E-state index in [0.717, 1.165) is 12.0 Å². The van der Waals surface area contributed by atoms with Crippen LogP contribution in [0.1, 0.15) is 33.6 Å². The first-order chi connectivity index (χ1) is 12.7. The molecule has 0 aromatic rings. The normalized spacial score (nSPS) is 44.5. The van der Waals surface area contributed by atoms with Crippen molar-refractivity contribution < 1.29 is 33.3 Å². The molecule has 8 heteroatoms. The van der Waals surface area contributed by atoms with Gasteiger partial charge in [0.15, 0.2) is 12.2 Å². The molecule has 0 amide bonds. The van der Waals surface area contributed by atoms with E-state index in [-0.39, 0.29) is 18.3 Å². The molecule has 4 aliphatic rings. The van der Waals surface area contributed by atoms with Gasteiger partial charge in [-0.3, -0.25) is 14.4 Å². The number of carbonyl (C=O) groups excluding carboxylic acids is 3. The van der Waals surface area contributed by atoms with Crippen LogP contribution in [0.5, 0.6) is 0 Å². The fourth-order valence-corrected chi connectivity index (χ4v) is 5.41. The second-order valence-corrected chi connectivity index (χ2v) is 8.44. The van der Waals surface area contributed by atoms with Crippen molar-refractivity contribution in [2.24, 2.45) is 10.8 Å². The summed E-state index contributed by atoms with van der Waals surface area (Å²) >= 11 is 5.62. The van der Waals surface area contributed by atoms with Crippen LogP contribution in [0.3, 0.4) is 0 Å². The molecule has 0 radical (unpaired) electrons. The Hall–Kier alpha value is -1.44. The average molecular weight is 399 g/mol. The summed E-state index contributed by atoms with van der Waals surface area (Å²) in [6, 6.07) is 0. The van der Waals surface area contributed by atoms with Gasteiger partial charge in [0.2, 0.25) is 5.78 Å². The van der Waals surface area contributed by atoms with Crippen LogP contribution < -0.4 is 0 Å². The number of fused-ring (bicyclic) bond motifs is 2. The summed E-state index contributed by atoms with van der Waals surface area (Å²) in [4.78, 5) is 36.7. The lowest BCUT2D eigenvalue weighted by atomic mass is 9.51. The van der Waals surface area contributed by atoms with Gasteiger partial charge in [-0.15, -0.1) is 11.6 Å². The predicted molar refractivity (Wildman–Crippen MR) is 93.1 cm³/mol. The number of Topliss-reactive ketones (excluding diaryl/α,β-unsaturated/α-hetero) is 1. The minimum Gasteiger partial charge on any atom is -0.465 e. The summed E-state index contributed by atoms with van der Waals surface area (Å²) in [7, 11) is 0. The van der Waals surface area contributed by atoms with Crippen LogP contribution in [0.4, 0.5) is 0 Å². The Morgan fingerprint density at radius 1 is 1.41 bits per heavy atom. The SMILES string of the molecule is CC(=O)OC[C@@]12CCC(C)=C[C@@H]1O[C@H]1C(=O)[C@@H](OC(=O)CCl)[C@]2(C)[C@@]12CO2. The molecule has 0 aromatic carbocycles. The van der Waals surface area contributed by atoms with E-state index in [9.17, 15) is 14.4 Å². The number of hydrogen-bond donors (Lipinski definition) is 0. The Labute approximate surface area is 162 Å². The molecule has 1 saturated carbocycles. The number of ether oxygens (including phenoxy) is 4. The van der Waals surface area contributed by atoms with Gasteiger partial charge in [-0.2, -0.15) is 0 Å². The van der Waals surface area contributed by atoms with Crippen molar-refractivity contribution in [2.75, 3.05) is 19.1 Å². The maximum atomic E-state index is 13.2. The molecule has 6 atom stereocenters. The van der Waals surface area contributed by atoms with E-state index in [1.54, 1.807) is 0 Å². The van der Waals surface area contributed by atoms with Crippen LogP contribution in [-0.4, -0.2) is 60.7 Å². The fourth-order valence-electron chi connectivity index (χ4n) is 5.34. The zero-order chi connectivity index (χ0) is 19.6. The highest BCUT2D eigenvalue weighted by molar-refractivity contribution is 6.26. The van der Waals surface area contributed by atoms with Crippen LogP contribution in [-0.2, 0) is 33.3 Å². The van der Waals surface area contributed by atoms with E-state index in [4.69, 9.17) is 30.5 Å². The molecule has 2 aliphatic heterocycles. The van der Waals surface area contributed by atoms with Crippen LogP contribution in [0.15, 0.2) is 11.6 Å². The van der Waals surface area contributed by atoms with Gasteiger partial charge in [0.05, 0.1) is 18.1 Å². The summed E-state index contributed by atoms with van der Waals surface area (Å²) < 4.78 is 23.0. The van der Waals surface area contributed by atoms with E-state index >= 15 is 0 Å². The van der Waals surface area contributed by atoms with E-state index in [2.05, 4.69) is 0 Å². The molecule has 4 rings (SSSR count). The lowest BCUT2D eigenvalue weighted by molar-refractivity contribution is -0.232. The quantitative estimate of drug-likeness (QED) is 0.307. The van der Waals surface area contributed by atoms with Crippen molar-refractivity contribution in [3.8, 4) is 0 Å². The van der Waals surface area contributed by atoms with Gasteiger partial charge in [-0.1, -0.05) is 18.6 Å². The van der Waals surface area contributed by atoms with Crippen molar-refractivity contribution in [3.05, 3.63) is 11.6 Å². The Morgan fingerprint density at radius 2 is 2.11 bits per heavy atom. The molecule has 3 fully saturated rings. The minimum absolute atomic E-state index is 0.0628. The minimum atomic E-state index is -1.05. The van der Waals surface area contributed by atoms with Crippen LogP contribution >= 0.6 is 11.6 Å². The van der Waals surface area contributed by atoms with Gasteiger partial charge in [-0.05, 0) is 19.8 Å². The Kier molecular flexibility index (Phi) is 4.22. The summed E-state index contributed by atoms with van der Waals surface area (Å²) in [6.07, 6.45) is 1.09. The molecular weight excluding hydrogens is 376 g/mol. The van der Waals surface area contributed by atoms with Gasteiger partial charge in [-0.25, -0.2) is 0 Å². The summed E-state index contributed by atoms with van der Waals surface area (Å²) in [6.45, 7) is 5.66. The van der Waals surface area contributed by atoms with Gasteiger partial charge in [0, 0.05) is 12.3 Å². The second-order valence-electron chi connectivity index (χ2n) is 8.17. The van der Waals surface area contributed by atoms with Crippen LogP contribution in [0.2, 0.25) is 0 Å². The second kappa shape index (κ2) is 6.03. The molecule has 7 nitrogen and oxygen atoms in total. The number of halogens is 1. The zero-order valence-corrected chi connectivity index (χ0v) is 16.3. The largest absolute Gasteiger partial charge is 0.465 e. The number of alkyl halides is 1. The van der Waals surface area contributed by atoms with Crippen LogP contribution in [0, 0.1) is 10.8 Å². The van der Waals surface area contributed by atoms with E-state index in [1.165, 1.54) is 6.92 Å². The molecule has 27 heavy (non-hydrogen) atoms. The summed E-state index contributed by atoms with van der Waals surface area (Å²) in [5.74, 6) is -1.74. The molecule has 2 bridgehead atoms. The number of hydrogen-bond acceptors (Lipinski definition) is 7. The van der Waals surface area contributed by atoms with Gasteiger partial charge >= 0.3 is 11.9 Å². The van der Waals surface area contributed by atoms with Crippen molar-refractivity contribution >= 4 is 29.3 Å². The maximum absolute atomic E-state index is 13.2. The molecule has 2 saturated heterocycles. The molecular formula is C19H23ClO7. The van der Waals surface area contributed by atoms with Crippen LogP contribution in [0.25, 0.3) is 0 Å². The molecule has 0 unspecified atom stereocenters. The molecule has 148 valence electrons. The first-order valence-electron chi connectivity index (χ1n) is 9.11. The Balaban J connectivity index is 1.85. The first kappa shape index (κ1) is 18.9. The number of rotatable bonds is 4. The van der Waals surface area contributed by atoms with Gasteiger partial charge < -0.3 is 18.9 Å². The highest BCUT2D eigenvalue weighted by Crippen LogP contribution is 2.71. The molecule has 2 heterocycles. The number of ketones is 1. The third-order valence-electron chi connectivity index (χ3n) is 6.95. The number of carbonyl (C=O) groups is 3. The van der Waals surface area contributed by atoms with Crippen molar-refractivity contribution in [3.63, 3.8) is 0 Å². The highest BCUT2D eigenvalue weighted by atomic mass is 35.5. The maximum Gasteiger partial charge on any atom is 0.321 e. The topological polar surface area (TPSA) is 91.4 Å². The summed E-state index contributed by atoms with van der Waals surface area (Å²) in [5, 5.41) is 0. The van der Waals surface area contributed by atoms with E-state index in [0.29, 0.717) is 13.0 Å². The third kappa shape index (κ3) is 2.31. The number of epoxide rings is 1. The van der Waals surface area contributed by atoms with Gasteiger partial charge in [0.1, 0.15) is 18.1 Å². The highest BCUT2D eigenvalue weighted by Gasteiger charge is 2.86. The lowest BCUT2D eigenvalue weighted by Crippen LogP contribution is -2.66. The van der Waals surface area contributed by atoms with E-state index < -0.39 is 46.7 Å². The summed E-state index contributed by atoms with van der Waals surface area (Å²) in [5.41, 5.74) is -1.35.